The molecule has 0 aliphatic heterocycles. The fourth-order valence-electron chi connectivity index (χ4n) is 1.54. The minimum Gasteiger partial charge on any atom is -0.481 e. The number of carboxylic acid groups (broad SMARTS) is 1. The number of aliphatic carboxylic acids is 1. The monoisotopic (exact) mass is 270 g/mol. The highest BCUT2D eigenvalue weighted by Crippen LogP contribution is 2.28. The summed E-state index contributed by atoms with van der Waals surface area (Å²) in [4.78, 5) is 27.0. The Morgan fingerprint density at radius 3 is 2.50 bits per heavy atom. The zero-order valence-electron chi connectivity index (χ0n) is 10.4. The molecule has 1 atom stereocenters. The third-order valence-corrected chi connectivity index (χ3v) is 2.68. The molecule has 0 radical (unpaired) electrons. The first-order valence-electron chi connectivity index (χ1n) is 5.37. The summed E-state index contributed by atoms with van der Waals surface area (Å²) < 4.78 is 0. The van der Waals surface area contributed by atoms with Gasteiger partial charge in [-0.25, -0.2) is 4.98 Å². The highest BCUT2D eigenvalue weighted by molar-refractivity contribution is 6.33. The Kier molecular flexibility index (Phi) is 4.29. The molecule has 6 heteroatoms. The second-order valence-electron chi connectivity index (χ2n) is 4.96. The topological polar surface area (TPSA) is 79.3 Å². The number of hydrogen-bond acceptors (Lipinski definition) is 3. The van der Waals surface area contributed by atoms with E-state index in [0.717, 1.165) is 0 Å². The van der Waals surface area contributed by atoms with E-state index in [1.54, 1.807) is 32.9 Å². The first kappa shape index (κ1) is 14.4. The van der Waals surface area contributed by atoms with Crippen LogP contribution in [-0.4, -0.2) is 22.0 Å². The Bertz CT molecular complexity index is 469. The van der Waals surface area contributed by atoms with Crippen LogP contribution < -0.4 is 5.32 Å². The summed E-state index contributed by atoms with van der Waals surface area (Å²) >= 11 is 5.84. The summed E-state index contributed by atoms with van der Waals surface area (Å²) in [7, 11) is 0. The number of rotatable bonds is 3. The van der Waals surface area contributed by atoms with Crippen LogP contribution in [0.2, 0.25) is 5.02 Å². The van der Waals surface area contributed by atoms with Crippen LogP contribution in [0.5, 0.6) is 0 Å². The molecule has 1 rings (SSSR count). The molecule has 2 N–H and O–H groups in total. The van der Waals surface area contributed by atoms with Crippen LogP contribution in [0.1, 0.15) is 20.8 Å². The molecule has 0 saturated heterocycles. The van der Waals surface area contributed by atoms with E-state index in [1.165, 1.54) is 6.20 Å². The molecule has 5 nitrogen and oxygen atoms in total. The van der Waals surface area contributed by atoms with E-state index in [9.17, 15) is 9.59 Å². The number of carbonyl (C=O) groups excluding carboxylic acids is 1. The smallest absolute Gasteiger partial charge is 0.316 e. The van der Waals surface area contributed by atoms with Crippen LogP contribution in [0.3, 0.4) is 0 Å². The number of pyridine rings is 1. The van der Waals surface area contributed by atoms with Crippen LogP contribution in [0, 0.1) is 11.3 Å². The second-order valence-corrected chi connectivity index (χ2v) is 5.37. The minimum absolute atomic E-state index is 0.166. The summed E-state index contributed by atoms with van der Waals surface area (Å²) in [6, 6.07) is 3.19. The third kappa shape index (κ3) is 3.43. The number of anilines is 1. The summed E-state index contributed by atoms with van der Waals surface area (Å²) in [5.74, 6) is -2.81. The van der Waals surface area contributed by atoms with Crippen molar-refractivity contribution < 1.29 is 14.7 Å². The van der Waals surface area contributed by atoms with Gasteiger partial charge >= 0.3 is 5.97 Å². The lowest BCUT2D eigenvalue weighted by molar-refractivity contribution is -0.149. The van der Waals surface area contributed by atoms with Gasteiger partial charge in [0.1, 0.15) is 5.92 Å². The normalized spacial score (nSPS) is 12.9. The van der Waals surface area contributed by atoms with E-state index in [1.807, 2.05) is 0 Å². The van der Waals surface area contributed by atoms with Gasteiger partial charge in [0, 0.05) is 6.20 Å². The van der Waals surface area contributed by atoms with E-state index in [4.69, 9.17) is 16.7 Å². The molecule has 1 unspecified atom stereocenters. The number of carboxylic acids is 1. The Morgan fingerprint density at radius 1 is 1.44 bits per heavy atom. The summed E-state index contributed by atoms with van der Waals surface area (Å²) in [6.07, 6.45) is 1.47. The van der Waals surface area contributed by atoms with Gasteiger partial charge in [-0.1, -0.05) is 32.4 Å². The van der Waals surface area contributed by atoms with Crippen LogP contribution in [0.4, 0.5) is 5.82 Å². The SMILES string of the molecule is CC(C)(C)C(C(=O)O)C(=O)Nc1ncccc1Cl. The van der Waals surface area contributed by atoms with Crippen molar-refractivity contribution >= 4 is 29.3 Å². The highest BCUT2D eigenvalue weighted by Gasteiger charge is 2.38. The fraction of sp³-hybridized carbons (Fsp3) is 0.417. The lowest BCUT2D eigenvalue weighted by atomic mass is 9.80. The van der Waals surface area contributed by atoms with Crippen molar-refractivity contribution in [1.29, 1.82) is 0 Å². The highest BCUT2D eigenvalue weighted by atomic mass is 35.5. The predicted octanol–water partition coefficient (Wildman–Crippen LogP) is 2.42. The third-order valence-electron chi connectivity index (χ3n) is 2.38. The summed E-state index contributed by atoms with van der Waals surface area (Å²) in [5, 5.41) is 11.8. The van der Waals surface area contributed by atoms with Crippen LogP contribution in [-0.2, 0) is 9.59 Å². The van der Waals surface area contributed by atoms with Crippen molar-refractivity contribution in [3.63, 3.8) is 0 Å². The molecule has 98 valence electrons. The van der Waals surface area contributed by atoms with Crippen molar-refractivity contribution in [2.45, 2.75) is 20.8 Å². The van der Waals surface area contributed by atoms with Gasteiger partial charge in [0.2, 0.25) is 5.91 Å². The maximum Gasteiger partial charge on any atom is 0.316 e. The van der Waals surface area contributed by atoms with Gasteiger partial charge in [0.15, 0.2) is 5.82 Å². The molecule has 1 aromatic rings. The van der Waals surface area contributed by atoms with E-state index in [0.29, 0.717) is 0 Å². The number of nitrogens with zero attached hydrogens (tertiary/aromatic N) is 1. The average Bonchev–Trinajstić information content (AvgIpc) is 2.18. The molecule has 0 fully saturated rings. The van der Waals surface area contributed by atoms with Gasteiger partial charge < -0.3 is 10.4 Å². The van der Waals surface area contributed by atoms with Gasteiger partial charge in [-0.2, -0.15) is 0 Å². The molecule has 0 aromatic carbocycles. The van der Waals surface area contributed by atoms with E-state index >= 15 is 0 Å². The number of carbonyl (C=O) groups is 2. The van der Waals surface area contributed by atoms with Gasteiger partial charge in [0.25, 0.3) is 0 Å². The number of amides is 1. The molecule has 0 aliphatic carbocycles. The standard InChI is InChI=1S/C12H15ClN2O3/c1-12(2,3)8(11(17)18)10(16)15-9-7(13)5-4-6-14-9/h4-6,8H,1-3H3,(H,17,18)(H,14,15,16). The van der Waals surface area contributed by atoms with Crippen molar-refractivity contribution in [3.8, 4) is 0 Å². The first-order valence-corrected chi connectivity index (χ1v) is 5.75. The molecule has 0 bridgehead atoms. The van der Waals surface area contributed by atoms with Crippen molar-refractivity contribution in [2.75, 3.05) is 5.32 Å². The maximum atomic E-state index is 12.0. The number of halogens is 1. The van der Waals surface area contributed by atoms with Crippen molar-refractivity contribution in [1.82, 2.24) is 4.98 Å². The predicted molar refractivity (Wildman–Crippen MR) is 68.5 cm³/mol. The van der Waals surface area contributed by atoms with Crippen LogP contribution in [0.25, 0.3) is 0 Å². The number of nitrogens with one attached hydrogen (secondary N) is 1. The van der Waals surface area contributed by atoms with Crippen molar-refractivity contribution in [3.05, 3.63) is 23.4 Å². The van der Waals surface area contributed by atoms with Gasteiger partial charge in [-0.05, 0) is 17.5 Å². The maximum absolute atomic E-state index is 12.0. The molecule has 1 aromatic heterocycles. The molecule has 0 saturated carbocycles. The summed E-state index contributed by atoms with van der Waals surface area (Å²) in [5.41, 5.74) is -0.697. The van der Waals surface area contributed by atoms with Crippen LogP contribution in [0.15, 0.2) is 18.3 Å². The van der Waals surface area contributed by atoms with E-state index < -0.39 is 23.2 Å². The largest absolute Gasteiger partial charge is 0.481 e. The minimum atomic E-state index is -1.17. The molecular weight excluding hydrogens is 256 g/mol. The Hall–Kier alpha value is -1.62. The Morgan fingerprint density at radius 2 is 2.06 bits per heavy atom. The lowest BCUT2D eigenvalue weighted by Crippen LogP contribution is -2.39. The molecule has 0 aliphatic rings. The molecule has 0 spiro atoms. The molecule has 1 amide bonds. The average molecular weight is 271 g/mol. The van der Waals surface area contributed by atoms with Crippen molar-refractivity contribution in [2.24, 2.45) is 11.3 Å². The van der Waals surface area contributed by atoms with Gasteiger partial charge in [-0.3, -0.25) is 9.59 Å². The zero-order valence-corrected chi connectivity index (χ0v) is 11.2. The van der Waals surface area contributed by atoms with E-state index in [2.05, 4.69) is 10.3 Å². The molecule has 18 heavy (non-hydrogen) atoms. The van der Waals surface area contributed by atoms with Gasteiger partial charge in [-0.15, -0.1) is 0 Å². The molecular formula is C12H15ClN2O3. The lowest BCUT2D eigenvalue weighted by Gasteiger charge is -2.25. The molecule has 1 heterocycles. The summed E-state index contributed by atoms with van der Waals surface area (Å²) in [6.45, 7) is 5.06. The Balaban J connectivity index is 2.94. The quantitative estimate of drug-likeness (QED) is 0.827. The Labute approximate surface area is 110 Å². The first-order chi connectivity index (χ1) is 8.23. The second kappa shape index (κ2) is 5.35. The number of hydrogen-bond donors (Lipinski definition) is 2. The van der Waals surface area contributed by atoms with Crippen LogP contribution >= 0.6 is 11.6 Å². The number of aromatic nitrogens is 1. The van der Waals surface area contributed by atoms with E-state index in [-0.39, 0.29) is 10.8 Å². The fourth-order valence-corrected chi connectivity index (χ4v) is 1.71. The zero-order chi connectivity index (χ0) is 13.9. The van der Waals surface area contributed by atoms with Gasteiger partial charge in [0.05, 0.1) is 5.02 Å².